The van der Waals surface area contributed by atoms with Gasteiger partial charge in [-0.3, -0.25) is 4.90 Å². The molecule has 2 N–H and O–H groups in total. The molecule has 0 spiro atoms. The van der Waals surface area contributed by atoms with Gasteiger partial charge in [-0.25, -0.2) is 17.9 Å². The summed E-state index contributed by atoms with van der Waals surface area (Å²) in [5.74, 6) is -1.80. The van der Waals surface area contributed by atoms with Crippen molar-refractivity contribution in [1.29, 1.82) is 0 Å². The van der Waals surface area contributed by atoms with Gasteiger partial charge >= 0.3 is 12.1 Å². The maximum atomic E-state index is 11.2. The van der Waals surface area contributed by atoms with Crippen LogP contribution >= 0.6 is 0 Å². The third kappa shape index (κ3) is 7.08. The quantitative estimate of drug-likeness (QED) is 0.728. The number of carboxylic acids is 1. The highest BCUT2D eigenvalue weighted by molar-refractivity contribution is 7.88. The number of nitrogens with one attached hydrogen (secondary N) is 1. The number of aliphatic carboxylic acids is 1. The molecule has 8 nitrogen and oxygen atoms in total. The summed E-state index contributed by atoms with van der Waals surface area (Å²) in [5, 5.41) is 7.12. The molecule has 3 heterocycles. The largest absolute Gasteiger partial charge is 0.490 e. The second kappa shape index (κ2) is 9.25. The number of hydrogen-bond donors (Lipinski definition) is 2. The van der Waals surface area contributed by atoms with Gasteiger partial charge in [-0.1, -0.05) is 0 Å². The fourth-order valence-electron chi connectivity index (χ4n) is 3.39. The average Bonchev–Trinajstić information content (AvgIpc) is 3.21. The number of alkyl halides is 3. The first-order valence-corrected chi connectivity index (χ1v) is 10.4. The molecule has 2 aliphatic rings. The van der Waals surface area contributed by atoms with E-state index in [4.69, 9.17) is 19.1 Å². The monoisotopic (exact) mass is 428 g/mol. The number of halogens is 3. The van der Waals surface area contributed by atoms with Crippen LogP contribution in [0.1, 0.15) is 12.0 Å². The van der Waals surface area contributed by atoms with Gasteiger partial charge in [0.15, 0.2) is 0 Å². The summed E-state index contributed by atoms with van der Waals surface area (Å²) in [6.45, 7) is 4.05. The summed E-state index contributed by atoms with van der Waals surface area (Å²) < 4.78 is 67.6. The average molecular weight is 428 g/mol. The first-order chi connectivity index (χ1) is 13.0. The Morgan fingerprint density at radius 3 is 2.64 bits per heavy atom. The maximum Gasteiger partial charge on any atom is 0.490 e. The van der Waals surface area contributed by atoms with Crippen LogP contribution in [0.25, 0.3) is 0 Å². The fraction of sp³-hybridized carbons (Fsp3) is 0.688. The third-order valence-corrected chi connectivity index (χ3v) is 5.35. The Balaban J connectivity index is 0.000000345. The van der Waals surface area contributed by atoms with Crippen LogP contribution in [0, 0.1) is 11.8 Å². The highest BCUT2D eigenvalue weighted by atomic mass is 32.2. The van der Waals surface area contributed by atoms with Crippen LogP contribution in [0.15, 0.2) is 23.0 Å². The Bertz CT molecular complexity index is 738. The van der Waals surface area contributed by atoms with Crippen molar-refractivity contribution < 1.29 is 40.6 Å². The van der Waals surface area contributed by atoms with Crippen molar-refractivity contribution in [1.82, 2.24) is 9.62 Å². The van der Waals surface area contributed by atoms with Crippen LogP contribution in [-0.4, -0.2) is 69.2 Å². The second-order valence-electron chi connectivity index (χ2n) is 6.87. The van der Waals surface area contributed by atoms with E-state index in [1.165, 1.54) is 11.8 Å². The topological polar surface area (TPSA) is 109 Å². The van der Waals surface area contributed by atoms with E-state index >= 15 is 0 Å². The predicted octanol–water partition coefficient (Wildman–Crippen LogP) is 1.30. The summed E-state index contributed by atoms with van der Waals surface area (Å²) in [5.41, 5.74) is 1.20. The van der Waals surface area contributed by atoms with Crippen LogP contribution in [0.2, 0.25) is 0 Å². The van der Waals surface area contributed by atoms with Crippen molar-refractivity contribution in [3.8, 4) is 0 Å². The fourth-order valence-corrected chi connectivity index (χ4v) is 3.86. The number of hydrogen-bond acceptors (Lipinski definition) is 6. The Morgan fingerprint density at radius 1 is 1.43 bits per heavy atom. The third-order valence-electron chi connectivity index (χ3n) is 4.65. The molecule has 1 aromatic heterocycles. The zero-order valence-electron chi connectivity index (χ0n) is 15.2. The van der Waals surface area contributed by atoms with Crippen LogP contribution in [-0.2, 0) is 26.1 Å². The standard InChI is InChI=1S/C14H22N2O4S.C2HF3O2/c1-21(17,18)15-6-14-13-2-4-16(8-12(13)10-20-14)7-11-3-5-19-9-11;3-2(4,5)1(6)7/h3,5,9,12-15H,2,4,6-8,10H2,1H3;(H,6,7)/t12-,13-,14+;/m1./s1. The van der Waals surface area contributed by atoms with Gasteiger partial charge in [0.25, 0.3) is 0 Å². The SMILES string of the molecule is CS(=O)(=O)NC[C@@H]1OC[C@H]2CN(Cc3ccoc3)CC[C@H]21.O=C(O)C(F)(F)F. The lowest BCUT2D eigenvalue weighted by Crippen LogP contribution is -2.43. The number of nitrogens with zero attached hydrogens (tertiary/aromatic N) is 1. The lowest BCUT2D eigenvalue weighted by Gasteiger charge is -2.35. The molecule has 0 bridgehead atoms. The van der Waals surface area contributed by atoms with Crippen molar-refractivity contribution in [2.24, 2.45) is 11.8 Å². The van der Waals surface area contributed by atoms with Gasteiger partial charge in [-0.2, -0.15) is 13.2 Å². The zero-order chi connectivity index (χ0) is 20.9. The zero-order valence-corrected chi connectivity index (χ0v) is 16.0. The molecule has 3 atom stereocenters. The Hall–Kier alpha value is -1.63. The van der Waals surface area contributed by atoms with Gasteiger partial charge in [0, 0.05) is 31.1 Å². The first kappa shape index (κ1) is 22.7. The molecule has 28 heavy (non-hydrogen) atoms. The van der Waals surface area contributed by atoms with Gasteiger partial charge in [-0.15, -0.1) is 0 Å². The molecule has 160 valence electrons. The van der Waals surface area contributed by atoms with E-state index in [9.17, 15) is 21.6 Å². The molecule has 2 aliphatic heterocycles. The molecule has 12 heteroatoms. The lowest BCUT2D eigenvalue weighted by atomic mass is 9.84. The second-order valence-corrected chi connectivity index (χ2v) is 8.71. The minimum atomic E-state index is -5.08. The number of fused-ring (bicyclic) bond motifs is 1. The van der Waals surface area contributed by atoms with Crippen LogP contribution < -0.4 is 4.72 Å². The van der Waals surface area contributed by atoms with E-state index < -0.39 is 22.2 Å². The predicted molar refractivity (Wildman–Crippen MR) is 91.9 cm³/mol. The molecule has 0 unspecified atom stereocenters. The summed E-state index contributed by atoms with van der Waals surface area (Å²) >= 11 is 0. The maximum absolute atomic E-state index is 11.2. The van der Waals surface area contributed by atoms with Crippen LogP contribution in [0.3, 0.4) is 0 Å². The van der Waals surface area contributed by atoms with Crippen molar-refractivity contribution >= 4 is 16.0 Å². The van der Waals surface area contributed by atoms with E-state index in [2.05, 4.69) is 9.62 Å². The molecule has 2 saturated heterocycles. The molecule has 0 aromatic carbocycles. The summed E-state index contributed by atoms with van der Waals surface area (Å²) in [4.78, 5) is 11.3. The van der Waals surface area contributed by atoms with Crippen molar-refractivity contribution in [3.63, 3.8) is 0 Å². The van der Waals surface area contributed by atoms with Crippen molar-refractivity contribution in [2.45, 2.75) is 25.2 Å². The number of furan rings is 1. The van der Waals surface area contributed by atoms with Gasteiger partial charge in [0.05, 0.1) is 31.5 Å². The smallest absolute Gasteiger partial charge is 0.475 e. The van der Waals surface area contributed by atoms with Gasteiger partial charge in [-0.05, 0) is 24.9 Å². The summed E-state index contributed by atoms with van der Waals surface area (Å²) in [6, 6.07) is 2.00. The van der Waals surface area contributed by atoms with E-state index in [-0.39, 0.29) is 6.10 Å². The van der Waals surface area contributed by atoms with E-state index in [0.717, 1.165) is 32.7 Å². The molecule has 3 rings (SSSR count). The number of rotatable bonds is 5. The number of carboxylic acid groups (broad SMARTS) is 1. The van der Waals surface area contributed by atoms with E-state index in [1.807, 2.05) is 6.07 Å². The number of carbonyl (C=O) groups is 1. The van der Waals surface area contributed by atoms with Crippen molar-refractivity contribution in [2.75, 3.05) is 32.5 Å². The Kier molecular flexibility index (Phi) is 7.48. The van der Waals surface area contributed by atoms with Crippen molar-refractivity contribution in [3.05, 3.63) is 24.2 Å². The van der Waals surface area contributed by atoms with Gasteiger partial charge in [0.1, 0.15) is 0 Å². The Labute approximate surface area is 160 Å². The molecule has 0 amide bonds. The summed E-state index contributed by atoms with van der Waals surface area (Å²) in [7, 11) is -3.15. The van der Waals surface area contributed by atoms with E-state index in [0.29, 0.717) is 18.4 Å². The molecule has 0 aliphatic carbocycles. The molecular weight excluding hydrogens is 405 g/mol. The highest BCUT2D eigenvalue weighted by Gasteiger charge is 2.41. The van der Waals surface area contributed by atoms with Crippen LogP contribution in [0.5, 0.6) is 0 Å². The molecule has 0 saturated carbocycles. The lowest BCUT2D eigenvalue weighted by molar-refractivity contribution is -0.192. The molecule has 0 radical (unpaired) electrons. The van der Waals surface area contributed by atoms with Gasteiger partial charge < -0.3 is 14.3 Å². The normalized spacial score (nSPS) is 25.6. The van der Waals surface area contributed by atoms with Gasteiger partial charge in [0.2, 0.25) is 10.0 Å². The number of sulfonamides is 1. The molecule has 1 aromatic rings. The van der Waals surface area contributed by atoms with E-state index in [1.54, 1.807) is 12.5 Å². The molecular formula is C16H23F3N2O6S. The minimum Gasteiger partial charge on any atom is -0.475 e. The highest BCUT2D eigenvalue weighted by Crippen LogP contribution is 2.34. The number of ether oxygens (including phenoxy) is 1. The minimum absolute atomic E-state index is 0.0146. The molecule has 2 fully saturated rings. The Morgan fingerprint density at radius 2 is 2.11 bits per heavy atom. The number of piperidine rings is 1. The number of likely N-dealkylation sites (tertiary alicyclic amines) is 1. The van der Waals surface area contributed by atoms with Crippen LogP contribution in [0.4, 0.5) is 13.2 Å². The summed E-state index contributed by atoms with van der Waals surface area (Å²) in [6.07, 6.45) is 0.663. The first-order valence-electron chi connectivity index (χ1n) is 8.55.